The third-order valence-corrected chi connectivity index (χ3v) is 3.73. The van der Waals surface area contributed by atoms with Crippen molar-refractivity contribution >= 4 is 5.69 Å². The van der Waals surface area contributed by atoms with Gasteiger partial charge < -0.3 is 15.4 Å². The summed E-state index contributed by atoms with van der Waals surface area (Å²) < 4.78 is 5.40. The molecule has 0 spiro atoms. The van der Waals surface area contributed by atoms with Gasteiger partial charge in [-0.2, -0.15) is 0 Å². The number of hydrogen-bond acceptors (Lipinski definition) is 3. The van der Waals surface area contributed by atoms with Gasteiger partial charge >= 0.3 is 0 Å². The summed E-state index contributed by atoms with van der Waals surface area (Å²) in [6, 6.07) is 8.69. The molecule has 1 aromatic rings. The molecule has 0 amide bonds. The topological polar surface area (TPSA) is 38.5 Å². The molecule has 1 aromatic carbocycles. The number of hydrogen-bond donors (Lipinski definition) is 1. The number of benzene rings is 1. The molecule has 3 nitrogen and oxygen atoms in total. The Kier molecular flexibility index (Phi) is 4.61. The largest absolute Gasteiger partial charge is 0.381 e. The van der Waals surface area contributed by atoms with Crippen LogP contribution in [0, 0.1) is 5.92 Å². The molecule has 3 heteroatoms. The highest BCUT2D eigenvalue weighted by Crippen LogP contribution is 2.21. The fourth-order valence-electron chi connectivity index (χ4n) is 2.45. The van der Waals surface area contributed by atoms with Crippen molar-refractivity contribution in [1.82, 2.24) is 0 Å². The van der Waals surface area contributed by atoms with E-state index in [9.17, 15) is 0 Å². The molecular weight excluding hydrogens is 224 g/mol. The van der Waals surface area contributed by atoms with Gasteiger partial charge in [-0.05, 0) is 43.4 Å². The van der Waals surface area contributed by atoms with Gasteiger partial charge in [-0.25, -0.2) is 0 Å². The molecular formula is C15H24N2O. The molecule has 2 N–H and O–H groups in total. The molecule has 0 bridgehead atoms. The predicted molar refractivity (Wildman–Crippen MR) is 75.9 cm³/mol. The number of nitrogens with zero attached hydrogens (tertiary/aromatic N) is 1. The van der Waals surface area contributed by atoms with Gasteiger partial charge in [0, 0.05) is 38.5 Å². The molecule has 1 atom stereocenters. The summed E-state index contributed by atoms with van der Waals surface area (Å²) in [6.45, 7) is 4.96. The van der Waals surface area contributed by atoms with Gasteiger partial charge in [0.2, 0.25) is 0 Å². The van der Waals surface area contributed by atoms with Gasteiger partial charge in [0.1, 0.15) is 0 Å². The van der Waals surface area contributed by atoms with Crippen LogP contribution >= 0.6 is 0 Å². The van der Waals surface area contributed by atoms with Gasteiger partial charge in [-0.1, -0.05) is 12.1 Å². The van der Waals surface area contributed by atoms with Crippen LogP contribution in [0.4, 0.5) is 5.69 Å². The molecule has 0 unspecified atom stereocenters. The van der Waals surface area contributed by atoms with E-state index in [1.165, 1.54) is 24.1 Å². The smallest absolute Gasteiger partial charge is 0.0469 e. The average Bonchev–Trinajstić information content (AvgIpc) is 2.40. The van der Waals surface area contributed by atoms with Crippen LogP contribution in [0.1, 0.15) is 31.4 Å². The summed E-state index contributed by atoms with van der Waals surface area (Å²) in [5.74, 6) is 0.761. The summed E-state index contributed by atoms with van der Waals surface area (Å²) >= 11 is 0. The maximum Gasteiger partial charge on any atom is 0.0469 e. The van der Waals surface area contributed by atoms with E-state index >= 15 is 0 Å². The highest BCUT2D eigenvalue weighted by molar-refractivity contribution is 5.47. The van der Waals surface area contributed by atoms with Crippen LogP contribution in [-0.2, 0) is 4.74 Å². The Morgan fingerprint density at radius 3 is 2.44 bits per heavy atom. The summed E-state index contributed by atoms with van der Waals surface area (Å²) in [6.07, 6.45) is 2.37. The standard InChI is InChI=1S/C15H24N2O/c1-12(16)14-3-5-15(6-4-14)17(2)11-13-7-9-18-10-8-13/h3-6,12-13H,7-11,16H2,1-2H3/t12-/m1/s1. The van der Waals surface area contributed by atoms with E-state index in [4.69, 9.17) is 10.5 Å². The van der Waals surface area contributed by atoms with Crippen LogP contribution in [0.15, 0.2) is 24.3 Å². The van der Waals surface area contributed by atoms with Crippen molar-refractivity contribution in [2.24, 2.45) is 11.7 Å². The predicted octanol–water partition coefficient (Wildman–Crippen LogP) is 2.57. The maximum atomic E-state index is 5.86. The maximum absolute atomic E-state index is 5.86. The number of rotatable bonds is 4. The normalized spacial score (nSPS) is 18.6. The van der Waals surface area contributed by atoms with Crippen molar-refractivity contribution in [2.45, 2.75) is 25.8 Å². The van der Waals surface area contributed by atoms with Crippen LogP contribution in [-0.4, -0.2) is 26.8 Å². The third kappa shape index (κ3) is 3.47. The van der Waals surface area contributed by atoms with Gasteiger partial charge in [0.25, 0.3) is 0 Å². The first kappa shape index (κ1) is 13.4. The monoisotopic (exact) mass is 248 g/mol. The Hall–Kier alpha value is -1.06. The van der Waals surface area contributed by atoms with Crippen LogP contribution in [0.3, 0.4) is 0 Å². The fraction of sp³-hybridized carbons (Fsp3) is 0.600. The zero-order valence-electron chi connectivity index (χ0n) is 11.4. The lowest BCUT2D eigenvalue weighted by Gasteiger charge is -2.28. The lowest BCUT2D eigenvalue weighted by Crippen LogP contribution is -2.29. The molecule has 2 rings (SSSR count). The fourth-order valence-corrected chi connectivity index (χ4v) is 2.45. The molecule has 0 aromatic heterocycles. The molecule has 1 fully saturated rings. The lowest BCUT2D eigenvalue weighted by molar-refractivity contribution is 0.0685. The quantitative estimate of drug-likeness (QED) is 0.890. The highest BCUT2D eigenvalue weighted by atomic mass is 16.5. The molecule has 18 heavy (non-hydrogen) atoms. The first-order valence-electron chi connectivity index (χ1n) is 6.81. The molecule has 0 saturated carbocycles. The molecule has 100 valence electrons. The Morgan fingerprint density at radius 1 is 1.28 bits per heavy atom. The Labute approximate surface area is 110 Å². The van der Waals surface area contributed by atoms with Crippen LogP contribution < -0.4 is 10.6 Å². The van der Waals surface area contributed by atoms with Crippen molar-refractivity contribution in [2.75, 3.05) is 31.7 Å². The molecule has 1 aliphatic rings. The van der Waals surface area contributed by atoms with Crippen molar-refractivity contribution in [3.63, 3.8) is 0 Å². The lowest BCUT2D eigenvalue weighted by atomic mass is 9.99. The summed E-state index contributed by atoms with van der Waals surface area (Å²) in [7, 11) is 2.16. The van der Waals surface area contributed by atoms with Crippen LogP contribution in [0.2, 0.25) is 0 Å². The van der Waals surface area contributed by atoms with Crippen molar-refractivity contribution in [3.8, 4) is 0 Å². The second-order valence-electron chi connectivity index (χ2n) is 5.32. The van der Waals surface area contributed by atoms with Gasteiger partial charge in [-0.15, -0.1) is 0 Å². The van der Waals surface area contributed by atoms with Gasteiger partial charge in [-0.3, -0.25) is 0 Å². The van der Waals surface area contributed by atoms with Gasteiger partial charge in [0.15, 0.2) is 0 Å². The second-order valence-corrected chi connectivity index (χ2v) is 5.32. The minimum atomic E-state index is 0.111. The number of anilines is 1. The van der Waals surface area contributed by atoms with Crippen molar-refractivity contribution in [1.29, 1.82) is 0 Å². The highest BCUT2D eigenvalue weighted by Gasteiger charge is 2.16. The zero-order chi connectivity index (χ0) is 13.0. The van der Waals surface area contributed by atoms with E-state index in [1.54, 1.807) is 0 Å². The first-order valence-corrected chi connectivity index (χ1v) is 6.81. The third-order valence-electron chi connectivity index (χ3n) is 3.73. The molecule has 0 aliphatic carbocycles. The summed E-state index contributed by atoms with van der Waals surface area (Å²) in [5.41, 5.74) is 8.32. The zero-order valence-corrected chi connectivity index (χ0v) is 11.4. The van der Waals surface area contributed by atoms with Crippen molar-refractivity contribution in [3.05, 3.63) is 29.8 Å². The van der Waals surface area contributed by atoms with Crippen molar-refractivity contribution < 1.29 is 4.74 Å². The SMILES string of the molecule is C[C@@H](N)c1ccc(N(C)CC2CCOCC2)cc1. The van der Waals surface area contributed by atoms with E-state index in [0.29, 0.717) is 0 Å². The molecule has 1 saturated heterocycles. The van der Waals surface area contributed by atoms with Crippen LogP contribution in [0.5, 0.6) is 0 Å². The molecule has 0 radical (unpaired) electrons. The Balaban J connectivity index is 1.93. The minimum absolute atomic E-state index is 0.111. The summed E-state index contributed by atoms with van der Waals surface area (Å²) in [4.78, 5) is 2.33. The Morgan fingerprint density at radius 2 is 1.89 bits per heavy atom. The second kappa shape index (κ2) is 6.21. The average molecular weight is 248 g/mol. The van der Waals surface area contributed by atoms with E-state index in [2.05, 4.69) is 36.2 Å². The summed E-state index contributed by atoms with van der Waals surface area (Å²) in [5, 5.41) is 0. The molecule has 1 heterocycles. The number of nitrogens with two attached hydrogens (primary N) is 1. The van der Waals surface area contributed by atoms with E-state index in [-0.39, 0.29) is 6.04 Å². The van der Waals surface area contributed by atoms with E-state index in [0.717, 1.165) is 25.7 Å². The van der Waals surface area contributed by atoms with E-state index < -0.39 is 0 Å². The van der Waals surface area contributed by atoms with Crippen LogP contribution in [0.25, 0.3) is 0 Å². The van der Waals surface area contributed by atoms with E-state index in [1.807, 2.05) is 6.92 Å². The molecule has 1 aliphatic heterocycles. The first-order chi connectivity index (χ1) is 8.66. The van der Waals surface area contributed by atoms with Gasteiger partial charge in [0.05, 0.1) is 0 Å². The Bertz CT molecular complexity index is 355. The number of ether oxygens (including phenoxy) is 1. The minimum Gasteiger partial charge on any atom is -0.381 e.